The minimum absolute atomic E-state index is 0.00985. The van der Waals surface area contributed by atoms with E-state index in [0.29, 0.717) is 4.31 Å². The van der Waals surface area contributed by atoms with Crippen molar-refractivity contribution >= 4 is 56.4 Å². The van der Waals surface area contributed by atoms with Crippen LogP contribution in [0.25, 0.3) is 0 Å². The maximum absolute atomic E-state index is 14.2. The molecule has 3 aromatic carbocycles. The van der Waals surface area contributed by atoms with Gasteiger partial charge in [-0.3, -0.25) is 14.4 Å². The van der Waals surface area contributed by atoms with Crippen LogP contribution in [0.4, 0.5) is 11.4 Å². The van der Waals surface area contributed by atoms with Crippen LogP contribution in [-0.2, 0) is 29.9 Å². The molecule has 0 bridgehead atoms. The van der Waals surface area contributed by atoms with Gasteiger partial charge < -0.3 is 10.5 Å². The first-order valence-corrected chi connectivity index (χ1v) is 12.2. The summed E-state index contributed by atoms with van der Waals surface area (Å²) >= 11 is 12.7. The zero-order valence-electron chi connectivity index (χ0n) is 18.4. The van der Waals surface area contributed by atoms with Crippen molar-refractivity contribution in [2.75, 3.05) is 24.3 Å². The summed E-state index contributed by atoms with van der Waals surface area (Å²) in [5.41, 5.74) is 5.94. The van der Waals surface area contributed by atoms with E-state index >= 15 is 0 Å². The number of nitrogens with one attached hydrogen (secondary N) is 1. The highest BCUT2D eigenvalue weighted by molar-refractivity contribution is 7.93. The molecule has 3 aromatic rings. The number of methoxy groups -OCH3 is 1. The Morgan fingerprint density at radius 2 is 1.74 bits per heavy atom. The summed E-state index contributed by atoms with van der Waals surface area (Å²) in [5, 5.41) is 0.227. The number of nitrogen functional groups attached to an aromatic ring is 1. The Labute approximate surface area is 211 Å². The van der Waals surface area contributed by atoms with Crippen molar-refractivity contribution in [3.63, 3.8) is 0 Å². The second-order valence-electron chi connectivity index (χ2n) is 7.51. The van der Waals surface area contributed by atoms with Gasteiger partial charge in [0.15, 0.2) is 5.41 Å². The van der Waals surface area contributed by atoms with Gasteiger partial charge in [0, 0.05) is 32.9 Å². The van der Waals surface area contributed by atoms with Gasteiger partial charge in [-0.25, -0.2) is 18.2 Å². The molecule has 2 amide bonds. The molecule has 0 aliphatic carbocycles. The number of fused-ring (bicyclic) bond motifs is 1. The van der Waals surface area contributed by atoms with E-state index in [9.17, 15) is 18.0 Å². The molecule has 0 saturated heterocycles. The second kappa shape index (κ2) is 9.04. The lowest BCUT2D eigenvalue weighted by molar-refractivity contribution is -0.140. The molecule has 1 aliphatic heterocycles. The van der Waals surface area contributed by atoms with Gasteiger partial charge in [0.1, 0.15) is 10.6 Å². The van der Waals surface area contributed by atoms with Crippen molar-refractivity contribution in [1.82, 2.24) is 5.48 Å². The van der Waals surface area contributed by atoms with Gasteiger partial charge in [-0.1, -0.05) is 41.4 Å². The van der Waals surface area contributed by atoms with Crippen molar-refractivity contribution in [3.8, 4) is 5.75 Å². The van der Waals surface area contributed by atoms with Gasteiger partial charge in [-0.15, -0.1) is 0 Å². The number of carbonyl (C=O) groups is 2. The number of nitrogens with zero attached hydrogens (tertiary/aromatic N) is 1. The van der Waals surface area contributed by atoms with E-state index in [0.717, 1.165) is 0 Å². The lowest BCUT2D eigenvalue weighted by Gasteiger charge is -2.28. The molecule has 35 heavy (non-hydrogen) atoms. The Hall–Kier alpha value is -3.31. The summed E-state index contributed by atoms with van der Waals surface area (Å²) in [7, 11) is -2.16. The number of hydrogen-bond acceptors (Lipinski definition) is 7. The number of nitrogens with two attached hydrogens (primary N) is 1. The maximum atomic E-state index is 14.2. The van der Waals surface area contributed by atoms with E-state index in [1.165, 1.54) is 62.8 Å². The van der Waals surface area contributed by atoms with E-state index in [4.69, 9.17) is 38.5 Å². The third kappa shape index (κ3) is 3.69. The second-order valence-corrected chi connectivity index (χ2v) is 10.1. The fraction of sp³-hybridized carbons (Fsp3) is 0.130. The van der Waals surface area contributed by atoms with E-state index in [2.05, 4.69) is 5.48 Å². The molecule has 0 spiro atoms. The van der Waals surface area contributed by atoms with Gasteiger partial charge in [-0.05, 0) is 36.4 Å². The third-order valence-corrected chi connectivity index (χ3v) is 7.91. The quantitative estimate of drug-likeness (QED) is 0.281. The normalized spacial score (nSPS) is 17.3. The SMILES string of the molecule is CONC(=O)C1(c2ccccc2Cl)C(=O)N(S(=O)(=O)c2ccc(N)cc2OC)c2ccc(Cl)cc21. The van der Waals surface area contributed by atoms with Crippen molar-refractivity contribution in [1.29, 1.82) is 0 Å². The fourth-order valence-electron chi connectivity index (χ4n) is 4.13. The molecule has 0 fully saturated rings. The van der Waals surface area contributed by atoms with Gasteiger partial charge in [0.2, 0.25) is 0 Å². The maximum Gasteiger partial charge on any atom is 0.274 e. The predicted octanol–water partition coefficient (Wildman–Crippen LogP) is 3.28. The van der Waals surface area contributed by atoms with Crippen LogP contribution >= 0.6 is 23.2 Å². The van der Waals surface area contributed by atoms with Crippen LogP contribution in [0.15, 0.2) is 65.6 Å². The predicted molar refractivity (Wildman–Crippen MR) is 131 cm³/mol. The molecule has 0 saturated carbocycles. The Morgan fingerprint density at radius 3 is 2.40 bits per heavy atom. The Kier molecular flexibility index (Phi) is 6.41. The molecule has 0 aromatic heterocycles. The highest BCUT2D eigenvalue weighted by atomic mass is 35.5. The number of amides is 2. The molecule has 0 radical (unpaired) electrons. The van der Waals surface area contributed by atoms with Crippen LogP contribution < -0.4 is 20.3 Å². The summed E-state index contributed by atoms with van der Waals surface area (Å²) in [4.78, 5) is 32.3. The summed E-state index contributed by atoms with van der Waals surface area (Å²) in [5.74, 6) is -2.13. The molecule has 3 N–H and O–H groups in total. The van der Waals surface area contributed by atoms with Crippen LogP contribution in [0.5, 0.6) is 5.75 Å². The summed E-state index contributed by atoms with van der Waals surface area (Å²) in [6.45, 7) is 0. The summed E-state index contributed by atoms with van der Waals surface area (Å²) < 4.78 is 33.6. The van der Waals surface area contributed by atoms with Crippen molar-refractivity contribution in [2.45, 2.75) is 10.3 Å². The Bertz CT molecular complexity index is 1460. The minimum atomic E-state index is -4.62. The van der Waals surface area contributed by atoms with Crippen LogP contribution in [0.2, 0.25) is 10.0 Å². The van der Waals surface area contributed by atoms with E-state index in [1.807, 2.05) is 0 Å². The van der Waals surface area contributed by atoms with Crippen LogP contribution in [0.1, 0.15) is 11.1 Å². The van der Waals surface area contributed by atoms with E-state index < -0.39 is 27.3 Å². The highest BCUT2D eigenvalue weighted by Gasteiger charge is 2.61. The number of benzene rings is 3. The molecule has 1 unspecified atom stereocenters. The standard InChI is InChI=1S/C23H19Cl2N3O6S/c1-33-19-12-14(26)8-10-20(19)35(31,32)28-18-9-7-13(24)11-16(18)23(22(28)30,21(29)27-34-2)15-5-3-4-6-17(15)25/h3-12H,26H2,1-2H3,(H,27,29). The first kappa shape index (κ1) is 24.8. The first-order chi connectivity index (χ1) is 16.6. The van der Waals surface area contributed by atoms with Gasteiger partial charge in [-0.2, -0.15) is 0 Å². The van der Waals surface area contributed by atoms with E-state index in [1.54, 1.807) is 12.1 Å². The lowest BCUT2D eigenvalue weighted by atomic mass is 9.74. The topological polar surface area (TPSA) is 128 Å². The number of halogens is 2. The molecular weight excluding hydrogens is 517 g/mol. The molecule has 182 valence electrons. The zero-order valence-corrected chi connectivity index (χ0v) is 20.7. The number of ether oxygens (including phenoxy) is 1. The number of anilines is 2. The minimum Gasteiger partial charge on any atom is -0.495 e. The smallest absolute Gasteiger partial charge is 0.274 e. The highest BCUT2D eigenvalue weighted by Crippen LogP contribution is 2.51. The van der Waals surface area contributed by atoms with Crippen molar-refractivity contribution in [3.05, 3.63) is 81.8 Å². The van der Waals surface area contributed by atoms with Crippen molar-refractivity contribution in [2.24, 2.45) is 0 Å². The number of sulfonamides is 1. The number of hydroxylamine groups is 1. The molecular formula is C23H19Cl2N3O6S. The number of carbonyl (C=O) groups excluding carboxylic acids is 2. The molecule has 1 heterocycles. The van der Waals surface area contributed by atoms with Crippen molar-refractivity contribution < 1.29 is 27.6 Å². The average Bonchev–Trinajstić information content (AvgIpc) is 3.08. The number of hydrogen-bond donors (Lipinski definition) is 2. The van der Waals surface area contributed by atoms with Crippen LogP contribution in [0.3, 0.4) is 0 Å². The van der Waals surface area contributed by atoms with Crippen LogP contribution in [-0.4, -0.2) is 34.5 Å². The summed E-state index contributed by atoms with van der Waals surface area (Å²) in [6, 6.07) is 14.1. The van der Waals surface area contributed by atoms with Gasteiger partial charge in [0.25, 0.3) is 21.8 Å². The van der Waals surface area contributed by atoms with E-state index in [-0.39, 0.29) is 43.2 Å². The fourth-order valence-corrected chi connectivity index (χ4v) is 6.19. The number of rotatable bonds is 6. The Balaban J connectivity index is 2.09. The Morgan fingerprint density at radius 1 is 1.03 bits per heavy atom. The molecule has 4 rings (SSSR count). The third-order valence-electron chi connectivity index (χ3n) is 5.61. The molecule has 1 aliphatic rings. The lowest BCUT2D eigenvalue weighted by Crippen LogP contribution is -2.53. The van der Waals surface area contributed by atoms with Gasteiger partial charge in [0.05, 0.1) is 19.9 Å². The first-order valence-electron chi connectivity index (χ1n) is 10.0. The summed E-state index contributed by atoms with van der Waals surface area (Å²) in [6.07, 6.45) is 0. The average molecular weight is 536 g/mol. The molecule has 1 atom stereocenters. The van der Waals surface area contributed by atoms with Crippen LogP contribution in [0, 0.1) is 0 Å². The van der Waals surface area contributed by atoms with Gasteiger partial charge >= 0.3 is 0 Å². The molecule has 9 nitrogen and oxygen atoms in total. The zero-order chi connectivity index (χ0) is 25.5. The monoisotopic (exact) mass is 535 g/mol. The molecule has 12 heteroatoms. The largest absolute Gasteiger partial charge is 0.495 e.